The topological polar surface area (TPSA) is 92.3 Å². The summed E-state index contributed by atoms with van der Waals surface area (Å²) >= 11 is 0. The zero-order valence-electron chi connectivity index (χ0n) is 9.84. The van der Waals surface area contributed by atoms with Crippen molar-refractivity contribution in [2.75, 3.05) is 0 Å². The normalized spacial score (nSPS) is 10.6. The zero-order valence-corrected chi connectivity index (χ0v) is 9.84. The molecule has 1 aromatic heterocycles. The molecule has 1 aromatic carbocycles. The summed E-state index contributed by atoms with van der Waals surface area (Å²) in [7, 11) is 0. The van der Waals surface area contributed by atoms with E-state index in [2.05, 4.69) is 14.7 Å². The third-order valence-corrected chi connectivity index (χ3v) is 2.35. The van der Waals surface area contributed by atoms with E-state index in [0.29, 0.717) is 5.56 Å². The second-order valence-corrected chi connectivity index (χ2v) is 3.69. The van der Waals surface area contributed by atoms with Crippen molar-refractivity contribution in [2.45, 2.75) is 6.61 Å². The van der Waals surface area contributed by atoms with Gasteiger partial charge in [-0.15, -0.1) is 0 Å². The third-order valence-electron chi connectivity index (χ3n) is 2.35. The molecule has 1 heterocycles. The van der Waals surface area contributed by atoms with Gasteiger partial charge in [-0.25, -0.2) is 9.59 Å². The summed E-state index contributed by atoms with van der Waals surface area (Å²) in [6.07, 6.45) is 0. The van der Waals surface area contributed by atoms with E-state index < -0.39 is 18.3 Å². The largest absolute Gasteiger partial charge is 0.477 e. The highest BCUT2D eigenvalue weighted by atomic mass is 19.3. The van der Waals surface area contributed by atoms with E-state index in [9.17, 15) is 18.4 Å². The van der Waals surface area contributed by atoms with Crippen molar-refractivity contribution in [1.29, 1.82) is 0 Å². The lowest BCUT2D eigenvalue weighted by molar-refractivity contribution is -0.0498. The Hall–Kier alpha value is -2.77. The average molecular weight is 282 g/mol. The number of carboxylic acid groups (broad SMARTS) is 1. The number of nitrogens with one attached hydrogen (secondary N) is 1. The van der Waals surface area contributed by atoms with E-state index in [1.54, 1.807) is 0 Å². The van der Waals surface area contributed by atoms with Gasteiger partial charge in [-0.05, 0) is 30.3 Å². The molecule has 0 atom stereocenters. The van der Waals surface area contributed by atoms with Crippen molar-refractivity contribution < 1.29 is 23.4 Å². The van der Waals surface area contributed by atoms with Crippen LogP contribution in [-0.4, -0.2) is 27.7 Å². The molecule has 6 nitrogen and oxygen atoms in total. The number of ether oxygens (including phenoxy) is 1. The molecule has 2 N–H and O–H groups in total. The fraction of sp³-hybridized carbons (Fsp3) is 0.0833. The lowest BCUT2D eigenvalue weighted by Crippen LogP contribution is -2.16. The van der Waals surface area contributed by atoms with Crippen LogP contribution in [0.1, 0.15) is 10.5 Å². The molecule has 0 unspecified atom stereocenters. The van der Waals surface area contributed by atoms with Crippen LogP contribution in [-0.2, 0) is 0 Å². The minimum atomic E-state index is -2.93. The lowest BCUT2D eigenvalue weighted by Gasteiger charge is -2.05. The number of H-pyrrole nitrogens is 1. The molecule has 2 rings (SSSR count). The smallest absolute Gasteiger partial charge is 0.387 e. The van der Waals surface area contributed by atoms with Crippen molar-refractivity contribution >= 4 is 5.97 Å². The van der Waals surface area contributed by atoms with Crippen molar-refractivity contribution in [3.63, 3.8) is 0 Å². The van der Waals surface area contributed by atoms with Crippen LogP contribution in [0.3, 0.4) is 0 Å². The Morgan fingerprint density at radius 1 is 1.30 bits per heavy atom. The highest BCUT2D eigenvalue weighted by Crippen LogP contribution is 2.21. The molecule has 0 aliphatic heterocycles. The van der Waals surface area contributed by atoms with Crippen molar-refractivity contribution in [3.05, 3.63) is 46.5 Å². The maximum atomic E-state index is 12.0. The van der Waals surface area contributed by atoms with Crippen LogP contribution in [0, 0.1) is 0 Å². The van der Waals surface area contributed by atoms with E-state index in [4.69, 9.17) is 5.11 Å². The van der Waals surface area contributed by atoms with Gasteiger partial charge >= 0.3 is 18.3 Å². The fourth-order valence-electron chi connectivity index (χ4n) is 1.53. The van der Waals surface area contributed by atoms with E-state index in [0.717, 1.165) is 0 Å². The number of rotatable bonds is 4. The predicted octanol–water partition coefficient (Wildman–Crippen LogP) is 1.74. The molecule has 0 bridgehead atoms. The molecule has 0 amide bonds. The van der Waals surface area contributed by atoms with Gasteiger partial charge in [0.15, 0.2) is 0 Å². The molecule has 0 radical (unpaired) electrons. The number of aromatic amines is 1. The van der Waals surface area contributed by atoms with Gasteiger partial charge in [-0.3, -0.25) is 4.98 Å². The van der Waals surface area contributed by atoms with Crippen molar-refractivity contribution in [1.82, 2.24) is 9.97 Å². The van der Waals surface area contributed by atoms with Gasteiger partial charge in [0.2, 0.25) is 0 Å². The number of aromatic carboxylic acids is 1. The van der Waals surface area contributed by atoms with Gasteiger partial charge in [0.1, 0.15) is 11.4 Å². The van der Waals surface area contributed by atoms with Crippen LogP contribution in [0.4, 0.5) is 8.78 Å². The predicted molar refractivity (Wildman–Crippen MR) is 63.9 cm³/mol. The van der Waals surface area contributed by atoms with Crippen LogP contribution >= 0.6 is 0 Å². The van der Waals surface area contributed by atoms with E-state index >= 15 is 0 Å². The number of carboxylic acids is 1. The Morgan fingerprint density at radius 3 is 2.50 bits per heavy atom. The molecule has 104 valence electrons. The molecule has 0 aliphatic rings. The standard InChI is InChI=1S/C12H8F2N2O4/c13-11(14)20-7-3-1-6(2-4-7)8-5-9(10(17)18)16-12(19)15-8/h1-5,11H,(H,17,18)(H,15,16,19). The number of hydrogen-bond donors (Lipinski definition) is 2. The molecule has 0 spiro atoms. The van der Waals surface area contributed by atoms with Crippen molar-refractivity contribution in [3.8, 4) is 17.0 Å². The van der Waals surface area contributed by atoms with Crippen LogP contribution < -0.4 is 10.4 Å². The van der Waals surface area contributed by atoms with Gasteiger partial charge in [0.25, 0.3) is 0 Å². The highest BCUT2D eigenvalue weighted by molar-refractivity contribution is 5.86. The Bertz CT molecular complexity index is 683. The maximum Gasteiger partial charge on any atom is 0.387 e. The SMILES string of the molecule is O=C(O)c1cc(-c2ccc(OC(F)F)cc2)nc(=O)[nH]1. The number of nitrogens with zero attached hydrogens (tertiary/aromatic N) is 1. The van der Waals surface area contributed by atoms with E-state index in [1.165, 1.54) is 30.3 Å². The zero-order chi connectivity index (χ0) is 14.7. The molecule has 8 heteroatoms. The first-order chi connectivity index (χ1) is 9.45. The monoisotopic (exact) mass is 282 g/mol. The highest BCUT2D eigenvalue weighted by Gasteiger charge is 2.10. The molecule has 0 saturated carbocycles. The lowest BCUT2D eigenvalue weighted by atomic mass is 10.1. The molecule has 0 saturated heterocycles. The Morgan fingerprint density at radius 2 is 1.95 bits per heavy atom. The van der Waals surface area contributed by atoms with E-state index in [1.807, 2.05) is 0 Å². The van der Waals surface area contributed by atoms with Gasteiger partial charge in [-0.2, -0.15) is 13.8 Å². The maximum absolute atomic E-state index is 12.0. The number of carbonyl (C=O) groups is 1. The third kappa shape index (κ3) is 3.16. The van der Waals surface area contributed by atoms with Crippen LogP contribution in [0.25, 0.3) is 11.3 Å². The summed E-state index contributed by atoms with van der Waals surface area (Å²) < 4.78 is 28.2. The summed E-state index contributed by atoms with van der Waals surface area (Å²) in [4.78, 5) is 27.7. The molecule has 0 fully saturated rings. The average Bonchev–Trinajstić information content (AvgIpc) is 2.38. The molecular formula is C12H8F2N2O4. The minimum absolute atomic E-state index is 0.0490. The summed E-state index contributed by atoms with van der Waals surface area (Å²) in [6.45, 7) is -2.93. The van der Waals surface area contributed by atoms with Crippen molar-refractivity contribution in [2.24, 2.45) is 0 Å². The molecule has 2 aromatic rings. The Labute approximate surface area is 110 Å². The van der Waals surface area contributed by atoms with E-state index in [-0.39, 0.29) is 17.1 Å². The number of hydrogen-bond acceptors (Lipinski definition) is 4. The number of halogens is 2. The summed E-state index contributed by atoms with van der Waals surface area (Å²) in [5.74, 6) is -1.35. The molecule has 0 aliphatic carbocycles. The second-order valence-electron chi connectivity index (χ2n) is 3.69. The van der Waals surface area contributed by atoms with Gasteiger partial charge < -0.3 is 9.84 Å². The first-order valence-corrected chi connectivity index (χ1v) is 5.35. The quantitative estimate of drug-likeness (QED) is 0.891. The van der Waals surface area contributed by atoms with Crippen LogP contribution in [0.2, 0.25) is 0 Å². The Balaban J connectivity index is 2.36. The first-order valence-electron chi connectivity index (χ1n) is 5.35. The summed E-state index contributed by atoms with van der Waals surface area (Å²) in [5.41, 5.74) is -0.601. The summed E-state index contributed by atoms with van der Waals surface area (Å²) in [5, 5.41) is 8.82. The second kappa shape index (κ2) is 5.47. The van der Waals surface area contributed by atoms with Crippen LogP contribution in [0.15, 0.2) is 35.1 Å². The van der Waals surface area contributed by atoms with Gasteiger partial charge in [0, 0.05) is 5.56 Å². The van der Waals surface area contributed by atoms with Crippen LogP contribution in [0.5, 0.6) is 5.75 Å². The first kappa shape index (κ1) is 13.7. The molecule has 20 heavy (non-hydrogen) atoms. The molecular weight excluding hydrogens is 274 g/mol. The van der Waals surface area contributed by atoms with Gasteiger partial charge in [0.05, 0.1) is 5.69 Å². The Kier molecular flexibility index (Phi) is 3.74. The number of alkyl halides is 2. The number of benzene rings is 1. The fourth-order valence-corrected chi connectivity index (χ4v) is 1.53. The van der Waals surface area contributed by atoms with Gasteiger partial charge in [-0.1, -0.05) is 0 Å². The number of aromatic nitrogens is 2. The minimum Gasteiger partial charge on any atom is -0.477 e. The summed E-state index contributed by atoms with van der Waals surface area (Å²) in [6, 6.07) is 6.50.